The Morgan fingerprint density at radius 1 is 1.26 bits per heavy atom. The lowest BCUT2D eigenvalue weighted by atomic mass is 10.1. The lowest BCUT2D eigenvalue weighted by Crippen LogP contribution is -2.14. The van der Waals surface area contributed by atoms with Gasteiger partial charge in [-0.1, -0.05) is 26.0 Å². The van der Waals surface area contributed by atoms with Gasteiger partial charge in [-0.3, -0.25) is 4.79 Å². The van der Waals surface area contributed by atoms with Crippen LogP contribution in [0.15, 0.2) is 46.9 Å². The zero-order valence-corrected chi connectivity index (χ0v) is 13.0. The van der Waals surface area contributed by atoms with E-state index in [0.717, 1.165) is 0 Å². The minimum absolute atomic E-state index is 0.117. The van der Waals surface area contributed by atoms with E-state index in [2.05, 4.69) is 10.3 Å². The summed E-state index contributed by atoms with van der Waals surface area (Å²) < 4.78 is 18.8. The molecule has 0 radical (unpaired) electrons. The molecule has 0 bridgehead atoms. The maximum Gasteiger partial charge on any atom is 0.228 e. The van der Waals surface area contributed by atoms with Crippen molar-refractivity contribution in [3.63, 3.8) is 0 Å². The van der Waals surface area contributed by atoms with Crippen molar-refractivity contribution in [1.82, 2.24) is 4.98 Å². The molecule has 0 spiro atoms. The first kappa shape index (κ1) is 15.2. The third kappa shape index (κ3) is 3.56. The van der Waals surface area contributed by atoms with Gasteiger partial charge in [-0.15, -0.1) is 0 Å². The summed E-state index contributed by atoms with van der Waals surface area (Å²) in [7, 11) is 0. The van der Waals surface area contributed by atoms with Gasteiger partial charge in [0.2, 0.25) is 5.91 Å². The smallest absolute Gasteiger partial charge is 0.228 e. The standard InChI is InChI=1S/C18H17FN2O2/c1-11(2)18-21-15-10-14(6-7-16(15)23-18)20-17(22)9-12-4-3-5-13(19)8-12/h3-8,10-11H,9H2,1-2H3,(H,20,22). The molecule has 3 aromatic rings. The summed E-state index contributed by atoms with van der Waals surface area (Å²) >= 11 is 0. The molecular weight excluding hydrogens is 295 g/mol. The van der Waals surface area contributed by atoms with Gasteiger partial charge in [0.15, 0.2) is 11.5 Å². The van der Waals surface area contributed by atoms with Crippen LogP contribution in [0.3, 0.4) is 0 Å². The molecular formula is C18H17FN2O2. The number of halogens is 1. The van der Waals surface area contributed by atoms with E-state index in [4.69, 9.17) is 4.42 Å². The zero-order chi connectivity index (χ0) is 16.4. The highest BCUT2D eigenvalue weighted by molar-refractivity contribution is 5.94. The van der Waals surface area contributed by atoms with E-state index in [-0.39, 0.29) is 24.1 Å². The number of amides is 1. The number of benzene rings is 2. The van der Waals surface area contributed by atoms with E-state index in [1.807, 2.05) is 13.8 Å². The summed E-state index contributed by atoms with van der Waals surface area (Å²) in [5.74, 6) is 0.319. The molecule has 0 unspecified atom stereocenters. The van der Waals surface area contributed by atoms with E-state index in [9.17, 15) is 9.18 Å². The van der Waals surface area contributed by atoms with Gasteiger partial charge in [-0.05, 0) is 35.9 Å². The predicted molar refractivity (Wildman–Crippen MR) is 86.8 cm³/mol. The van der Waals surface area contributed by atoms with Gasteiger partial charge in [0.1, 0.15) is 11.3 Å². The number of carbonyl (C=O) groups is 1. The summed E-state index contributed by atoms with van der Waals surface area (Å²) in [6, 6.07) is 11.3. The molecule has 0 atom stereocenters. The molecule has 0 aliphatic heterocycles. The fourth-order valence-corrected chi connectivity index (χ4v) is 2.31. The fourth-order valence-electron chi connectivity index (χ4n) is 2.31. The molecule has 118 valence electrons. The molecule has 1 heterocycles. The molecule has 1 N–H and O–H groups in total. The Labute approximate surface area is 133 Å². The van der Waals surface area contributed by atoms with E-state index in [1.54, 1.807) is 30.3 Å². The quantitative estimate of drug-likeness (QED) is 0.782. The van der Waals surface area contributed by atoms with Gasteiger partial charge in [0.05, 0.1) is 6.42 Å². The van der Waals surface area contributed by atoms with Crippen molar-refractivity contribution in [2.45, 2.75) is 26.2 Å². The number of oxazole rings is 1. The second-order valence-electron chi connectivity index (χ2n) is 5.74. The Morgan fingerprint density at radius 2 is 2.09 bits per heavy atom. The second-order valence-corrected chi connectivity index (χ2v) is 5.74. The first-order valence-electron chi connectivity index (χ1n) is 7.46. The molecule has 2 aromatic carbocycles. The largest absolute Gasteiger partial charge is 0.440 e. The van der Waals surface area contributed by atoms with Gasteiger partial charge in [0.25, 0.3) is 0 Å². The lowest BCUT2D eigenvalue weighted by Gasteiger charge is -2.05. The minimum atomic E-state index is -0.347. The van der Waals surface area contributed by atoms with Crippen LogP contribution in [0.1, 0.15) is 31.2 Å². The average Bonchev–Trinajstić information content (AvgIpc) is 2.90. The Balaban J connectivity index is 1.74. The van der Waals surface area contributed by atoms with Crippen molar-refractivity contribution in [3.8, 4) is 0 Å². The summed E-state index contributed by atoms with van der Waals surface area (Å²) in [6.07, 6.45) is 0.117. The van der Waals surface area contributed by atoms with Crippen LogP contribution in [0, 0.1) is 5.82 Å². The number of rotatable bonds is 4. The minimum Gasteiger partial charge on any atom is -0.440 e. The molecule has 5 heteroatoms. The molecule has 0 saturated carbocycles. The van der Waals surface area contributed by atoms with Crippen molar-refractivity contribution in [2.75, 3.05) is 5.32 Å². The van der Waals surface area contributed by atoms with Crippen LogP contribution >= 0.6 is 0 Å². The van der Waals surface area contributed by atoms with E-state index in [1.165, 1.54) is 12.1 Å². The zero-order valence-electron chi connectivity index (χ0n) is 13.0. The number of fused-ring (bicyclic) bond motifs is 1. The topological polar surface area (TPSA) is 55.1 Å². The highest BCUT2D eigenvalue weighted by atomic mass is 19.1. The van der Waals surface area contributed by atoms with Gasteiger partial charge in [0, 0.05) is 11.6 Å². The molecule has 23 heavy (non-hydrogen) atoms. The first-order chi connectivity index (χ1) is 11.0. The van der Waals surface area contributed by atoms with Crippen LogP contribution in [-0.4, -0.2) is 10.9 Å². The summed E-state index contributed by atoms with van der Waals surface area (Å²) in [5, 5.41) is 2.80. The van der Waals surface area contributed by atoms with Gasteiger partial charge < -0.3 is 9.73 Å². The molecule has 0 aliphatic carbocycles. The number of carbonyl (C=O) groups excluding carboxylic acids is 1. The van der Waals surface area contributed by atoms with Crippen LogP contribution in [-0.2, 0) is 11.2 Å². The van der Waals surface area contributed by atoms with Crippen LogP contribution in [0.2, 0.25) is 0 Å². The van der Waals surface area contributed by atoms with Gasteiger partial charge >= 0.3 is 0 Å². The van der Waals surface area contributed by atoms with Crippen molar-refractivity contribution in [2.24, 2.45) is 0 Å². The first-order valence-corrected chi connectivity index (χ1v) is 7.46. The van der Waals surface area contributed by atoms with Crippen LogP contribution in [0.25, 0.3) is 11.1 Å². The van der Waals surface area contributed by atoms with Gasteiger partial charge in [-0.2, -0.15) is 0 Å². The van der Waals surface area contributed by atoms with Crippen molar-refractivity contribution < 1.29 is 13.6 Å². The summed E-state index contributed by atoms with van der Waals surface area (Å²) in [4.78, 5) is 16.5. The monoisotopic (exact) mass is 312 g/mol. The highest BCUT2D eigenvalue weighted by Gasteiger charge is 2.11. The maximum absolute atomic E-state index is 13.1. The molecule has 0 aliphatic rings. The Kier molecular flexibility index (Phi) is 4.10. The third-order valence-corrected chi connectivity index (χ3v) is 3.44. The van der Waals surface area contributed by atoms with Gasteiger partial charge in [-0.25, -0.2) is 9.37 Å². The molecule has 4 nitrogen and oxygen atoms in total. The summed E-state index contributed by atoms with van der Waals surface area (Å²) in [6.45, 7) is 4.01. The van der Waals surface area contributed by atoms with Crippen LogP contribution < -0.4 is 5.32 Å². The van der Waals surface area contributed by atoms with Crippen LogP contribution in [0.5, 0.6) is 0 Å². The fraction of sp³-hybridized carbons (Fsp3) is 0.222. The number of hydrogen-bond donors (Lipinski definition) is 1. The normalized spacial score (nSPS) is 11.1. The number of hydrogen-bond acceptors (Lipinski definition) is 3. The average molecular weight is 312 g/mol. The molecule has 0 fully saturated rings. The van der Waals surface area contributed by atoms with Crippen molar-refractivity contribution in [3.05, 3.63) is 59.7 Å². The van der Waals surface area contributed by atoms with E-state index in [0.29, 0.717) is 28.2 Å². The number of anilines is 1. The number of aromatic nitrogens is 1. The third-order valence-electron chi connectivity index (χ3n) is 3.44. The highest BCUT2D eigenvalue weighted by Crippen LogP contribution is 2.23. The Hall–Kier alpha value is -2.69. The molecule has 3 rings (SSSR count). The van der Waals surface area contributed by atoms with Crippen molar-refractivity contribution >= 4 is 22.7 Å². The second kappa shape index (κ2) is 6.20. The number of nitrogens with one attached hydrogen (secondary N) is 1. The summed E-state index contributed by atoms with van der Waals surface area (Å²) in [5.41, 5.74) is 2.67. The predicted octanol–water partition coefficient (Wildman–Crippen LogP) is 4.27. The number of nitrogens with zero attached hydrogens (tertiary/aromatic N) is 1. The van der Waals surface area contributed by atoms with E-state index < -0.39 is 0 Å². The Bertz CT molecular complexity index is 855. The van der Waals surface area contributed by atoms with E-state index >= 15 is 0 Å². The Morgan fingerprint density at radius 3 is 2.83 bits per heavy atom. The SMILES string of the molecule is CC(C)c1nc2cc(NC(=O)Cc3cccc(F)c3)ccc2o1. The molecule has 0 saturated heterocycles. The lowest BCUT2D eigenvalue weighted by molar-refractivity contribution is -0.115. The molecule has 1 aromatic heterocycles. The maximum atomic E-state index is 13.1. The van der Waals surface area contributed by atoms with Crippen molar-refractivity contribution in [1.29, 1.82) is 0 Å². The van der Waals surface area contributed by atoms with Crippen LogP contribution in [0.4, 0.5) is 10.1 Å². The molecule has 1 amide bonds.